The summed E-state index contributed by atoms with van der Waals surface area (Å²) in [4.78, 5) is 20.2. The standard InChI is InChI=1S/C14H13Cl2N3O/c1-2-9-4-3-5-17-12(9)8-19-14(20)10-6-13(16)18-7-11(10)15/h3-7H,2,8H2,1H3,(H,19,20). The van der Waals surface area contributed by atoms with Gasteiger partial charge in [-0.1, -0.05) is 36.2 Å². The Kier molecular flexibility index (Phi) is 4.93. The first-order chi connectivity index (χ1) is 9.61. The van der Waals surface area contributed by atoms with E-state index in [2.05, 4.69) is 15.3 Å². The summed E-state index contributed by atoms with van der Waals surface area (Å²) >= 11 is 11.7. The van der Waals surface area contributed by atoms with Gasteiger partial charge in [-0.3, -0.25) is 9.78 Å². The van der Waals surface area contributed by atoms with Gasteiger partial charge in [0.25, 0.3) is 5.91 Å². The van der Waals surface area contributed by atoms with E-state index in [1.54, 1.807) is 6.20 Å². The molecule has 0 aliphatic heterocycles. The van der Waals surface area contributed by atoms with Gasteiger partial charge in [0.2, 0.25) is 0 Å². The highest BCUT2D eigenvalue weighted by atomic mass is 35.5. The second-order valence-electron chi connectivity index (χ2n) is 4.13. The third kappa shape index (κ3) is 3.46. The third-order valence-electron chi connectivity index (χ3n) is 2.85. The maximum absolute atomic E-state index is 12.1. The van der Waals surface area contributed by atoms with Crippen molar-refractivity contribution < 1.29 is 4.79 Å². The summed E-state index contributed by atoms with van der Waals surface area (Å²) in [6, 6.07) is 5.31. The predicted octanol–water partition coefficient (Wildman–Crippen LogP) is 3.28. The number of hydrogen-bond acceptors (Lipinski definition) is 3. The number of hydrogen-bond donors (Lipinski definition) is 1. The maximum atomic E-state index is 12.1. The maximum Gasteiger partial charge on any atom is 0.253 e. The van der Waals surface area contributed by atoms with Crippen LogP contribution in [0, 0.1) is 0 Å². The summed E-state index contributed by atoms with van der Waals surface area (Å²) in [5.74, 6) is -0.299. The number of nitrogens with one attached hydrogen (secondary N) is 1. The van der Waals surface area contributed by atoms with Crippen molar-refractivity contribution in [3.05, 3.63) is 57.6 Å². The first kappa shape index (κ1) is 14.8. The monoisotopic (exact) mass is 309 g/mol. The first-order valence-electron chi connectivity index (χ1n) is 6.13. The van der Waals surface area contributed by atoms with E-state index >= 15 is 0 Å². The molecular formula is C14H13Cl2N3O. The van der Waals surface area contributed by atoms with Crippen LogP contribution >= 0.6 is 23.2 Å². The summed E-state index contributed by atoms with van der Waals surface area (Å²) in [5, 5.41) is 3.28. The topological polar surface area (TPSA) is 54.9 Å². The SMILES string of the molecule is CCc1cccnc1CNC(=O)c1cc(Cl)ncc1Cl. The molecule has 0 bridgehead atoms. The van der Waals surface area contributed by atoms with Crippen LogP contribution in [0.1, 0.15) is 28.5 Å². The van der Waals surface area contributed by atoms with Crippen molar-refractivity contribution in [3.63, 3.8) is 0 Å². The average Bonchev–Trinajstić information content (AvgIpc) is 2.47. The van der Waals surface area contributed by atoms with E-state index in [0.29, 0.717) is 12.1 Å². The molecule has 20 heavy (non-hydrogen) atoms. The minimum absolute atomic E-state index is 0.228. The second kappa shape index (κ2) is 6.68. The molecule has 1 N–H and O–H groups in total. The summed E-state index contributed by atoms with van der Waals surface area (Å²) in [5.41, 5.74) is 2.26. The number of nitrogens with zero attached hydrogens (tertiary/aromatic N) is 2. The van der Waals surface area contributed by atoms with Gasteiger partial charge in [-0.05, 0) is 24.1 Å². The highest BCUT2D eigenvalue weighted by Gasteiger charge is 2.12. The molecule has 0 atom stereocenters. The number of pyridine rings is 2. The fourth-order valence-electron chi connectivity index (χ4n) is 1.80. The molecule has 2 rings (SSSR count). The molecule has 0 saturated carbocycles. The van der Waals surface area contributed by atoms with Crippen LogP contribution < -0.4 is 5.32 Å². The Bertz CT molecular complexity index is 632. The number of halogens is 2. The molecule has 0 fully saturated rings. The van der Waals surface area contributed by atoms with E-state index in [0.717, 1.165) is 17.7 Å². The third-order valence-corrected chi connectivity index (χ3v) is 3.36. The Balaban J connectivity index is 2.11. The normalized spacial score (nSPS) is 10.3. The molecular weight excluding hydrogens is 297 g/mol. The van der Waals surface area contributed by atoms with Crippen molar-refractivity contribution >= 4 is 29.1 Å². The van der Waals surface area contributed by atoms with Gasteiger partial charge in [-0.15, -0.1) is 0 Å². The lowest BCUT2D eigenvalue weighted by atomic mass is 10.1. The highest BCUT2D eigenvalue weighted by Crippen LogP contribution is 2.18. The molecule has 0 aliphatic carbocycles. The van der Waals surface area contributed by atoms with Crippen LogP contribution in [0.4, 0.5) is 0 Å². The smallest absolute Gasteiger partial charge is 0.253 e. The van der Waals surface area contributed by atoms with Crippen molar-refractivity contribution in [2.45, 2.75) is 19.9 Å². The van der Waals surface area contributed by atoms with E-state index in [1.807, 2.05) is 19.1 Å². The molecule has 2 heterocycles. The molecule has 4 nitrogen and oxygen atoms in total. The lowest BCUT2D eigenvalue weighted by molar-refractivity contribution is 0.0950. The Labute approximate surface area is 127 Å². The van der Waals surface area contributed by atoms with Crippen molar-refractivity contribution in [2.75, 3.05) is 0 Å². The van der Waals surface area contributed by atoms with Crippen LogP contribution in [-0.4, -0.2) is 15.9 Å². The van der Waals surface area contributed by atoms with Crippen molar-refractivity contribution in [1.29, 1.82) is 0 Å². The van der Waals surface area contributed by atoms with Crippen LogP contribution in [0.3, 0.4) is 0 Å². The van der Waals surface area contributed by atoms with Crippen molar-refractivity contribution in [3.8, 4) is 0 Å². The van der Waals surface area contributed by atoms with E-state index in [9.17, 15) is 4.79 Å². The zero-order chi connectivity index (χ0) is 14.5. The molecule has 2 aromatic heterocycles. The van der Waals surface area contributed by atoms with Gasteiger partial charge in [0.15, 0.2) is 0 Å². The van der Waals surface area contributed by atoms with Crippen molar-refractivity contribution in [2.24, 2.45) is 0 Å². The van der Waals surface area contributed by atoms with Crippen LogP contribution in [0.15, 0.2) is 30.6 Å². The summed E-state index contributed by atoms with van der Waals surface area (Å²) in [6.45, 7) is 2.39. The van der Waals surface area contributed by atoms with E-state index < -0.39 is 0 Å². The fourth-order valence-corrected chi connectivity index (χ4v) is 2.15. The number of rotatable bonds is 4. The zero-order valence-corrected chi connectivity index (χ0v) is 12.4. The Morgan fingerprint density at radius 1 is 1.35 bits per heavy atom. The fraction of sp³-hybridized carbons (Fsp3) is 0.214. The molecule has 0 spiro atoms. The second-order valence-corrected chi connectivity index (χ2v) is 4.93. The minimum atomic E-state index is -0.299. The van der Waals surface area contributed by atoms with E-state index in [-0.39, 0.29) is 16.1 Å². The molecule has 6 heteroatoms. The van der Waals surface area contributed by atoms with Gasteiger partial charge in [-0.25, -0.2) is 4.98 Å². The molecule has 0 saturated heterocycles. The van der Waals surface area contributed by atoms with Gasteiger partial charge in [0.05, 0.1) is 22.8 Å². The molecule has 104 valence electrons. The van der Waals surface area contributed by atoms with Gasteiger partial charge >= 0.3 is 0 Å². The lowest BCUT2D eigenvalue weighted by Gasteiger charge is -2.09. The van der Waals surface area contributed by atoms with E-state index in [4.69, 9.17) is 23.2 Å². The molecule has 0 aliphatic rings. The molecule has 1 amide bonds. The van der Waals surface area contributed by atoms with Crippen LogP contribution in [0.2, 0.25) is 10.2 Å². The van der Waals surface area contributed by atoms with Crippen LogP contribution in [0.25, 0.3) is 0 Å². The summed E-state index contributed by atoms with van der Waals surface area (Å²) in [6.07, 6.45) is 3.93. The van der Waals surface area contributed by atoms with Gasteiger partial charge in [0.1, 0.15) is 5.15 Å². The average molecular weight is 310 g/mol. The number of aryl methyl sites for hydroxylation is 1. The largest absolute Gasteiger partial charge is 0.346 e. The quantitative estimate of drug-likeness (QED) is 0.882. The lowest BCUT2D eigenvalue weighted by Crippen LogP contribution is -2.24. The van der Waals surface area contributed by atoms with Gasteiger partial charge in [0, 0.05) is 12.4 Å². The number of carbonyl (C=O) groups excluding carboxylic acids is 1. The Hall–Kier alpha value is -1.65. The zero-order valence-electron chi connectivity index (χ0n) is 10.9. The first-order valence-corrected chi connectivity index (χ1v) is 6.89. The van der Waals surface area contributed by atoms with Crippen molar-refractivity contribution in [1.82, 2.24) is 15.3 Å². The summed E-state index contributed by atoms with van der Waals surface area (Å²) < 4.78 is 0. The Morgan fingerprint density at radius 2 is 2.15 bits per heavy atom. The highest BCUT2D eigenvalue weighted by molar-refractivity contribution is 6.35. The van der Waals surface area contributed by atoms with Crippen LogP contribution in [0.5, 0.6) is 0 Å². The molecule has 0 unspecified atom stereocenters. The van der Waals surface area contributed by atoms with Crippen LogP contribution in [-0.2, 0) is 13.0 Å². The number of carbonyl (C=O) groups is 1. The predicted molar refractivity (Wildman–Crippen MR) is 79.0 cm³/mol. The number of aromatic nitrogens is 2. The number of amides is 1. The molecule has 0 radical (unpaired) electrons. The molecule has 2 aromatic rings. The van der Waals surface area contributed by atoms with E-state index in [1.165, 1.54) is 12.3 Å². The minimum Gasteiger partial charge on any atom is -0.346 e. The molecule has 0 aromatic carbocycles. The Morgan fingerprint density at radius 3 is 2.90 bits per heavy atom. The van der Waals surface area contributed by atoms with Gasteiger partial charge < -0.3 is 5.32 Å². The summed E-state index contributed by atoms with van der Waals surface area (Å²) in [7, 11) is 0. The van der Waals surface area contributed by atoms with Gasteiger partial charge in [-0.2, -0.15) is 0 Å².